The molecule has 0 saturated carbocycles. The fourth-order valence-electron chi connectivity index (χ4n) is 1.78. The van der Waals surface area contributed by atoms with Crippen molar-refractivity contribution in [3.8, 4) is 0 Å². The summed E-state index contributed by atoms with van der Waals surface area (Å²) in [5.74, 6) is -0.0461. The summed E-state index contributed by atoms with van der Waals surface area (Å²) in [4.78, 5) is 15.4. The van der Waals surface area contributed by atoms with Gasteiger partial charge < -0.3 is 10.6 Å². The maximum atomic E-state index is 11.1. The van der Waals surface area contributed by atoms with E-state index in [1.165, 1.54) is 6.92 Å². The predicted molar refractivity (Wildman–Crippen MR) is 78.3 cm³/mol. The maximum absolute atomic E-state index is 11.1. The summed E-state index contributed by atoms with van der Waals surface area (Å²) in [6.45, 7) is 3.14. The van der Waals surface area contributed by atoms with Gasteiger partial charge in [0.2, 0.25) is 5.91 Å². The van der Waals surface area contributed by atoms with Crippen LogP contribution in [0.5, 0.6) is 0 Å². The van der Waals surface area contributed by atoms with Gasteiger partial charge in [-0.15, -0.1) is 11.3 Å². The molecule has 0 atom stereocenters. The van der Waals surface area contributed by atoms with Crippen LogP contribution >= 0.6 is 11.3 Å². The summed E-state index contributed by atoms with van der Waals surface area (Å²) in [6.07, 6.45) is 2.76. The molecule has 0 aliphatic heterocycles. The molecular formula is C14H17N3OS. The number of para-hydroxylation sites is 1. The van der Waals surface area contributed by atoms with Gasteiger partial charge >= 0.3 is 0 Å². The third-order valence-corrected chi connectivity index (χ3v) is 3.48. The zero-order chi connectivity index (χ0) is 13.5. The van der Waals surface area contributed by atoms with Gasteiger partial charge in [0.25, 0.3) is 0 Å². The van der Waals surface area contributed by atoms with Crippen LogP contribution in [0.25, 0.3) is 0 Å². The Morgan fingerprint density at radius 3 is 2.95 bits per heavy atom. The van der Waals surface area contributed by atoms with Crippen LogP contribution in [-0.4, -0.2) is 17.4 Å². The van der Waals surface area contributed by atoms with Crippen LogP contribution in [0, 0.1) is 0 Å². The van der Waals surface area contributed by atoms with Gasteiger partial charge in [-0.3, -0.25) is 4.79 Å². The monoisotopic (exact) mass is 275 g/mol. The van der Waals surface area contributed by atoms with Gasteiger partial charge in [-0.2, -0.15) is 0 Å². The SMILES string of the molecule is CC(=O)Nc1ccccc1CNCCc1nccs1. The highest BCUT2D eigenvalue weighted by molar-refractivity contribution is 7.09. The molecule has 1 aromatic carbocycles. The van der Waals surface area contributed by atoms with Gasteiger partial charge in [0.1, 0.15) is 0 Å². The first-order valence-electron chi connectivity index (χ1n) is 6.20. The van der Waals surface area contributed by atoms with Crippen molar-refractivity contribution in [2.24, 2.45) is 0 Å². The van der Waals surface area contributed by atoms with Crippen molar-refractivity contribution in [2.45, 2.75) is 19.9 Å². The van der Waals surface area contributed by atoms with Crippen molar-refractivity contribution < 1.29 is 4.79 Å². The molecule has 4 nitrogen and oxygen atoms in total. The normalized spacial score (nSPS) is 10.4. The fraction of sp³-hybridized carbons (Fsp3) is 0.286. The summed E-state index contributed by atoms with van der Waals surface area (Å²) in [6, 6.07) is 7.83. The largest absolute Gasteiger partial charge is 0.326 e. The topological polar surface area (TPSA) is 54.0 Å². The number of hydrogen-bond acceptors (Lipinski definition) is 4. The highest BCUT2D eigenvalue weighted by Crippen LogP contribution is 2.14. The van der Waals surface area contributed by atoms with Crippen LogP contribution in [0.3, 0.4) is 0 Å². The summed E-state index contributed by atoms with van der Waals surface area (Å²) in [5.41, 5.74) is 1.97. The third kappa shape index (κ3) is 4.46. The maximum Gasteiger partial charge on any atom is 0.221 e. The van der Waals surface area contributed by atoms with Crippen molar-refractivity contribution in [2.75, 3.05) is 11.9 Å². The lowest BCUT2D eigenvalue weighted by molar-refractivity contribution is -0.114. The average Bonchev–Trinajstić information content (AvgIpc) is 2.89. The van der Waals surface area contributed by atoms with Gasteiger partial charge in [0, 0.05) is 43.7 Å². The minimum absolute atomic E-state index is 0.0461. The number of benzene rings is 1. The zero-order valence-electron chi connectivity index (χ0n) is 10.8. The molecular weight excluding hydrogens is 258 g/mol. The first kappa shape index (κ1) is 13.7. The van der Waals surface area contributed by atoms with Crippen molar-refractivity contribution in [3.63, 3.8) is 0 Å². The Morgan fingerprint density at radius 2 is 2.21 bits per heavy atom. The minimum atomic E-state index is -0.0461. The molecule has 0 radical (unpaired) electrons. The Balaban J connectivity index is 1.83. The van der Waals surface area contributed by atoms with E-state index < -0.39 is 0 Å². The molecule has 1 heterocycles. The van der Waals surface area contributed by atoms with Gasteiger partial charge in [0.05, 0.1) is 5.01 Å². The molecule has 0 bridgehead atoms. The molecule has 0 aliphatic rings. The molecule has 0 unspecified atom stereocenters. The van der Waals surface area contributed by atoms with Crippen molar-refractivity contribution in [1.82, 2.24) is 10.3 Å². The van der Waals surface area contributed by atoms with E-state index >= 15 is 0 Å². The van der Waals surface area contributed by atoms with Gasteiger partial charge in [-0.25, -0.2) is 4.98 Å². The number of amides is 1. The third-order valence-electron chi connectivity index (χ3n) is 2.64. The Hall–Kier alpha value is -1.72. The molecule has 0 spiro atoms. The predicted octanol–water partition coefficient (Wildman–Crippen LogP) is 2.43. The highest BCUT2D eigenvalue weighted by Gasteiger charge is 2.03. The van der Waals surface area contributed by atoms with Crippen LogP contribution < -0.4 is 10.6 Å². The number of aromatic nitrogens is 1. The van der Waals surface area contributed by atoms with Crippen molar-refractivity contribution in [3.05, 3.63) is 46.4 Å². The molecule has 2 aromatic rings. The molecule has 5 heteroatoms. The van der Waals surface area contributed by atoms with E-state index in [9.17, 15) is 4.79 Å². The summed E-state index contributed by atoms with van der Waals surface area (Å²) < 4.78 is 0. The summed E-state index contributed by atoms with van der Waals surface area (Å²) in [7, 11) is 0. The molecule has 0 aliphatic carbocycles. The number of anilines is 1. The van der Waals surface area contributed by atoms with Crippen LogP contribution in [0.1, 0.15) is 17.5 Å². The lowest BCUT2D eigenvalue weighted by Crippen LogP contribution is -2.18. The number of rotatable bonds is 6. The van der Waals surface area contributed by atoms with Crippen LogP contribution in [-0.2, 0) is 17.8 Å². The van der Waals surface area contributed by atoms with Crippen LogP contribution in [0.4, 0.5) is 5.69 Å². The van der Waals surface area contributed by atoms with E-state index in [2.05, 4.69) is 15.6 Å². The summed E-state index contributed by atoms with van der Waals surface area (Å²) >= 11 is 1.67. The van der Waals surface area contributed by atoms with Crippen LogP contribution in [0.15, 0.2) is 35.8 Å². The van der Waals surface area contributed by atoms with Crippen molar-refractivity contribution in [1.29, 1.82) is 0 Å². The molecule has 1 amide bonds. The number of carbonyl (C=O) groups excluding carboxylic acids is 1. The average molecular weight is 275 g/mol. The number of hydrogen-bond donors (Lipinski definition) is 2. The second-order valence-corrected chi connectivity index (χ2v) is 5.17. The van der Waals surface area contributed by atoms with E-state index in [1.807, 2.05) is 35.8 Å². The Kier molecular flexibility index (Phi) is 5.06. The second kappa shape index (κ2) is 7.01. The Morgan fingerprint density at radius 1 is 1.37 bits per heavy atom. The van der Waals surface area contributed by atoms with E-state index in [1.54, 1.807) is 11.3 Å². The highest BCUT2D eigenvalue weighted by atomic mass is 32.1. The number of nitrogens with zero attached hydrogens (tertiary/aromatic N) is 1. The molecule has 0 saturated heterocycles. The first-order valence-corrected chi connectivity index (χ1v) is 7.08. The van der Waals surface area contributed by atoms with E-state index in [4.69, 9.17) is 0 Å². The number of thiazole rings is 1. The molecule has 1 aromatic heterocycles. The van der Waals surface area contributed by atoms with E-state index in [0.717, 1.165) is 35.8 Å². The van der Waals surface area contributed by atoms with Gasteiger partial charge in [-0.05, 0) is 11.6 Å². The fourth-order valence-corrected chi connectivity index (χ4v) is 2.40. The minimum Gasteiger partial charge on any atom is -0.326 e. The number of nitrogens with one attached hydrogen (secondary N) is 2. The van der Waals surface area contributed by atoms with E-state index in [0.29, 0.717) is 0 Å². The Labute approximate surface area is 116 Å². The molecule has 19 heavy (non-hydrogen) atoms. The molecule has 100 valence electrons. The molecule has 2 rings (SSSR count). The lowest BCUT2D eigenvalue weighted by Gasteiger charge is -2.10. The van der Waals surface area contributed by atoms with Gasteiger partial charge in [0.15, 0.2) is 0 Å². The van der Waals surface area contributed by atoms with Crippen molar-refractivity contribution >= 4 is 22.9 Å². The van der Waals surface area contributed by atoms with E-state index in [-0.39, 0.29) is 5.91 Å². The standard InChI is InChI=1S/C14H17N3OS/c1-11(18)17-13-5-3-2-4-12(13)10-15-7-6-14-16-8-9-19-14/h2-5,8-9,15H,6-7,10H2,1H3,(H,17,18). The van der Waals surface area contributed by atoms with Gasteiger partial charge in [-0.1, -0.05) is 18.2 Å². The summed E-state index contributed by atoms with van der Waals surface area (Å²) in [5, 5.41) is 9.34. The smallest absolute Gasteiger partial charge is 0.221 e. The lowest BCUT2D eigenvalue weighted by atomic mass is 10.1. The molecule has 2 N–H and O–H groups in total. The van der Waals surface area contributed by atoms with Crippen LogP contribution in [0.2, 0.25) is 0 Å². The number of carbonyl (C=O) groups is 1. The first-order chi connectivity index (χ1) is 9.25. The second-order valence-electron chi connectivity index (χ2n) is 4.19. The Bertz CT molecular complexity index is 525. The zero-order valence-corrected chi connectivity index (χ0v) is 11.7. The molecule has 0 fully saturated rings. The quantitative estimate of drug-likeness (QED) is 0.796.